The Morgan fingerprint density at radius 3 is 3.05 bits per heavy atom. The van der Waals surface area contributed by atoms with Crippen LogP contribution in [0.1, 0.15) is 16.1 Å². The number of hydrogen-bond acceptors (Lipinski definition) is 5. The molecule has 7 nitrogen and oxygen atoms in total. The van der Waals surface area contributed by atoms with Crippen molar-refractivity contribution < 1.29 is 9.21 Å². The third-order valence-electron chi connectivity index (χ3n) is 2.98. The summed E-state index contributed by atoms with van der Waals surface area (Å²) in [6.07, 6.45) is 5.03. The first-order valence-electron chi connectivity index (χ1n) is 6.38. The second-order valence-electron chi connectivity index (χ2n) is 4.44. The molecule has 0 saturated heterocycles. The Morgan fingerprint density at radius 1 is 1.33 bits per heavy atom. The number of carbonyl (C=O) groups is 1. The number of rotatable bonds is 4. The lowest BCUT2D eigenvalue weighted by Crippen LogP contribution is -2.26. The van der Waals surface area contributed by atoms with Gasteiger partial charge in [-0.1, -0.05) is 6.07 Å². The van der Waals surface area contributed by atoms with E-state index < -0.39 is 5.76 Å². The van der Waals surface area contributed by atoms with E-state index in [1.165, 1.54) is 18.6 Å². The molecular weight excluding hydrogens is 272 g/mol. The number of benzene rings is 1. The standard InChI is InChI=1S/C14H12N4O3/c19-13(11-8-15-5-6-16-11)17-4-3-9-1-2-12-10(7-9)18-14(20)21-12/h1-2,5-8H,3-4H2,(H,17,19)(H,18,20). The van der Waals surface area contributed by atoms with Gasteiger partial charge in [0.1, 0.15) is 5.69 Å². The van der Waals surface area contributed by atoms with E-state index in [1.807, 2.05) is 12.1 Å². The second kappa shape index (κ2) is 5.58. The van der Waals surface area contributed by atoms with Crippen LogP contribution in [0.3, 0.4) is 0 Å². The summed E-state index contributed by atoms with van der Waals surface area (Å²) in [4.78, 5) is 33.2. The van der Waals surface area contributed by atoms with Crippen LogP contribution in [0, 0.1) is 0 Å². The topological polar surface area (TPSA) is 101 Å². The molecule has 0 fully saturated rings. The van der Waals surface area contributed by atoms with Crippen LogP contribution in [-0.2, 0) is 6.42 Å². The van der Waals surface area contributed by atoms with Gasteiger partial charge in [0.25, 0.3) is 5.91 Å². The molecule has 3 aromatic rings. The van der Waals surface area contributed by atoms with E-state index >= 15 is 0 Å². The predicted molar refractivity (Wildman–Crippen MR) is 74.9 cm³/mol. The van der Waals surface area contributed by atoms with Crippen LogP contribution >= 0.6 is 0 Å². The molecule has 0 unspecified atom stereocenters. The van der Waals surface area contributed by atoms with Crippen LogP contribution in [0.15, 0.2) is 46.0 Å². The van der Waals surface area contributed by atoms with Gasteiger partial charge >= 0.3 is 5.76 Å². The van der Waals surface area contributed by atoms with Gasteiger partial charge in [-0.15, -0.1) is 0 Å². The van der Waals surface area contributed by atoms with Crippen molar-refractivity contribution in [1.29, 1.82) is 0 Å². The van der Waals surface area contributed by atoms with Crippen molar-refractivity contribution in [3.8, 4) is 0 Å². The van der Waals surface area contributed by atoms with Crippen LogP contribution < -0.4 is 11.1 Å². The number of oxazole rings is 1. The van der Waals surface area contributed by atoms with E-state index in [2.05, 4.69) is 20.3 Å². The summed E-state index contributed by atoms with van der Waals surface area (Å²) in [5.41, 5.74) is 2.44. The molecule has 0 atom stereocenters. The number of nitrogens with one attached hydrogen (secondary N) is 2. The van der Waals surface area contributed by atoms with Crippen molar-refractivity contribution in [3.63, 3.8) is 0 Å². The summed E-state index contributed by atoms with van der Waals surface area (Å²) in [6.45, 7) is 0.461. The number of carbonyl (C=O) groups excluding carboxylic acids is 1. The predicted octanol–water partition coefficient (Wildman–Crippen LogP) is 0.884. The fourth-order valence-corrected chi connectivity index (χ4v) is 1.98. The van der Waals surface area contributed by atoms with E-state index in [1.54, 1.807) is 6.07 Å². The summed E-state index contributed by atoms with van der Waals surface area (Å²) >= 11 is 0. The van der Waals surface area contributed by atoms with Gasteiger partial charge in [0.15, 0.2) is 5.58 Å². The van der Waals surface area contributed by atoms with E-state index in [-0.39, 0.29) is 11.6 Å². The minimum absolute atomic E-state index is 0.263. The molecule has 3 rings (SSSR count). The molecule has 0 bridgehead atoms. The minimum Gasteiger partial charge on any atom is -0.408 e. The smallest absolute Gasteiger partial charge is 0.408 e. The molecule has 106 valence electrons. The normalized spacial score (nSPS) is 10.7. The lowest BCUT2D eigenvalue weighted by Gasteiger charge is -2.04. The molecule has 2 N–H and O–H groups in total. The number of amides is 1. The number of H-pyrrole nitrogens is 1. The molecule has 1 aromatic carbocycles. The monoisotopic (exact) mass is 284 g/mol. The van der Waals surface area contributed by atoms with Gasteiger partial charge in [-0.3, -0.25) is 14.8 Å². The van der Waals surface area contributed by atoms with Crippen molar-refractivity contribution in [3.05, 3.63) is 58.6 Å². The molecule has 0 aliphatic heterocycles. The van der Waals surface area contributed by atoms with Gasteiger partial charge < -0.3 is 9.73 Å². The Kier molecular flexibility index (Phi) is 3.46. The fraction of sp³-hybridized carbons (Fsp3) is 0.143. The molecule has 1 amide bonds. The van der Waals surface area contributed by atoms with Gasteiger partial charge in [-0.2, -0.15) is 0 Å². The number of aromatic nitrogens is 3. The van der Waals surface area contributed by atoms with E-state index in [4.69, 9.17) is 4.42 Å². The second-order valence-corrected chi connectivity index (χ2v) is 4.44. The zero-order valence-corrected chi connectivity index (χ0v) is 11.0. The number of nitrogens with zero attached hydrogens (tertiary/aromatic N) is 2. The average Bonchev–Trinajstić information content (AvgIpc) is 2.87. The molecule has 2 aromatic heterocycles. The molecule has 0 saturated carbocycles. The van der Waals surface area contributed by atoms with Crippen molar-refractivity contribution in [2.45, 2.75) is 6.42 Å². The molecule has 0 radical (unpaired) electrons. The lowest BCUT2D eigenvalue weighted by molar-refractivity contribution is 0.0948. The first-order valence-corrected chi connectivity index (χ1v) is 6.38. The minimum atomic E-state index is -0.474. The zero-order chi connectivity index (χ0) is 14.7. The summed E-state index contributed by atoms with van der Waals surface area (Å²) in [6, 6.07) is 5.41. The lowest BCUT2D eigenvalue weighted by atomic mass is 10.1. The first-order chi connectivity index (χ1) is 10.2. The Bertz CT molecular complexity index is 823. The van der Waals surface area contributed by atoms with Gasteiger partial charge in [0, 0.05) is 18.9 Å². The van der Waals surface area contributed by atoms with Crippen LogP contribution in [0.25, 0.3) is 11.1 Å². The number of aromatic amines is 1. The van der Waals surface area contributed by atoms with Crippen molar-refractivity contribution in [2.24, 2.45) is 0 Å². The van der Waals surface area contributed by atoms with Crippen LogP contribution in [0.5, 0.6) is 0 Å². The van der Waals surface area contributed by atoms with Crippen LogP contribution in [0.4, 0.5) is 0 Å². The molecule has 0 aliphatic carbocycles. The molecule has 7 heteroatoms. The highest BCUT2D eigenvalue weighted by atomic mass is 16.4. The summed E-state index contributed by atoms with van der Waals surface area (Å²) < 4.78 is 4.93. The Morgan fingerprint density at radius 2 is 2.24 bits per heavy atom. The first kappa shape index (κ1) is 13.0. The highest BCUT2D eigenvalue weighted by Gasteiger charge is 2.06. The van der Waals surface area contributed by atoms with Gasteiger partial charge in [-0.05, 0) is 24.1 Å². The molecule has 0 spiro atoms. The van der Waals surface area contributed by atoms with E-state index in [0.29, 0.717) is 24.1 Å². The molecular formula is C14H12N4O3. The fourth-order valence-electron chi connectivity index (χ4n) is 1.98. The van der Waals surface area contributed by atoms with E-state index in [9.17, 15) is 9.59 Å². The van der Waals surface area contributed by atoms with Gasteiger partial charge in [0.05, 0.1) is 11.7 Å². The number of fused-ring (bicyclic) bond motifs is 1. The van der Waals surface area contributed by atoms with Crippen molar-refractivity contribution >= 4 is 17.0 Å². The van der Waals surface area contributed by atoms with Crippen molar-refractivity contribution in [1.82, 2.24) is 20.3 Å². The Hall–Kier alpha value is -2.96. The molecule has 21 heavy (non-hydrogen) atoms. The summed E-state index contributed by atoms with van der Waals surface area (Å²) in [5, 5.41) is 2.76. The highest BCUT2D eigenvalue weighted by Crippen LogP contribution is 2.12. The Balaban J connectivity index is 1.61. The summed E-state index contributed by atoms with van der Waals surface area (Å²) in [7, 11) is 0. The maximum Gasteiger partial charge on any atom is 0.417 e. The zero-order valence-electron chi connectivity index (χ0n) is 11.0. The summed E-state index contributed by atoms with van der Waals surface area (Å²) in [5.74, 6) is -0.737. The maximum atomic E-state index is 11.8. The van der Waals surface area contributed by atoms with Crippen LogP contribution in [0.2, 0.25) is 0 Å². The average molecular weight is 284 g/mol. The Labute approximate surface area is 119 Å². The maximum absolute atomic E-state index is 11.8. The van der Waals surface area contributed by atoms with Crippen LogP contribution in [-0.4, -0.2) is 27.4 Å². The SMILES string of the molecule is O=C(NCCc1ccc2oc(=O)[nH]c2c1)c1cnccn1. The van der Waals surface area contributed by atoms with Gasteiger partial charge in [0.2, 0.25) is 0 Å². The third-order valence-corrected chi connectivity index (χ3v) is 2.98. The molecule has 2 heterocycles. The largest absolute Gasteiger partial charge is 0.417 e. The molecule has 0 aliphatic rings. The van der Waals surface area contributed by atoms with E-state index in [0.717, 1.165) is 5.56 Å². The number of hydrogen-bond donors (Lipinski definition) is 2. The quantitative estimate of drug-likeness (QED) is 0.740. The van der Waals surface area contributed by atoms with Crippen molar-refractivity contribution in [2.75, 3.05) is 6.54 Å². The van der Waals surface area contributed by atoms with Gasteiger partial charge in [-0.25, -0.2) is 9.78 Å². The third kappa shape index (κ3) is 2.97. The highest BCUT2D eigenvalue weighted by molar-refractivity contribution is 5.91.